The molecule has 2 aliphatic rings. The third kappa shape index (κ3) is 3.90. The molecular formula is C18H26FN3O. The van der Waals surface area contributed by atoms with Gasteiger partial charge in [-0.25, -0.2) is 4.39 Å². The van der Waals surface area contributed by atoms with Crippen molar-refractivity contribution >= 4 is 5.91 Å². The van der Waals surface area contributed by atoms with Gasteiger partial charge in [0.2, 0.25) is 5.91 Å². The SMILES string of the molecule is NC[C@@H]1CCN(C(=O)[C@H]2CCCCN2Cc2ccc(F)cc2)C1. The Hall–Kier alpha value is -1.46. The van der Waals surface area contributed by atoms with E-state index in [1.165, 1.54) is 12.1 Å². The molecule has 0 unspecified atom stereocenters. The van der Waals surface area contributed by atoms with Gasteiger partial charge in [0.15, 0.2) is 0 Å². The minimum absolute atomic E-state index is 0.0367. The normalized spacial score (nSPS) is 25.7. The molecule has 126 valence electrons. The van der Waals surface area contributed by atoms with Gasteiger partial charge in [0.25, 0.3) is 0 Å². The molecule has 1 aromatic rings. The Labute approximate surface area is 137 Å². The topological polar surface area (TPSA) is 49.6 Å². The Morgan fingerprint density at radius 1 is 1.17 bits per heavy atom. The maximum Gasteiger partial charge on any atom is 0.239 e. The second kappa shape index (κ2) is 7.41. The fraction of sp³-hybridized carbons (Fsp3) is 0.611. The maximum absolute atomic E-state index is 13.1. The second-order valence-corrected chi connectivity index (χ2v) is 6.78. The first-order chi connectivity index (χ1) is 11.2. The van der Waals surface area contributed by atoms with Crippen LogP contribution < -0.4 is 5.73 Å². The first kappa shape index (κ1) is 16.4. The molecule has 2 N–H and O–H groups in total. The molecule has 4 nitrogen and oxygen atoms in total. The number of carbonyl (C=O) groups is 1. The molecule has 23 heavy (non-hydrogen) atoms. The minimum atomic E-state index is -0.218. The van der Waals surface area contributed by atoms with Gasteiger partial charge in [0, 0.05) is 19.6 Å². The molecule has 2 heterocycles. The lowest BCUT2D eigenvalue weighted by molar-refractivity contribution is -0.137. The number of nitrogens with zero attached hydrogens (tertiary/aromatic N) is 2. The van der Waals surface area contributed by atoms with E-state index < -0.39 is 0 Å². The van der Waals surface area contributed by atoms with Crippen LogP contribution in [0.1, 0.15) is 31.2 Å². The van der Waals surface area contributed by atoms with Crippen molar-refractivity contribution in [2.75, 3.05) is 26.2 Å². The second-order valence-electron chi connectivity index (χ2n) is 6.78. The zero-order valence-corrected chi connectivity index (χ0v) is 13.6. The molecule has 5 heteroatoms. The molecule has 1 amide bonds. The number of piperidine rings is 1. The number of hydrogen-bond acceptors (Lipinski definition) is 3. The van der Waals surface area contributed by atoms with E-state index in [1.807, 2.05) is 17.0 Å². The zero-order valence-electron chi connectivity index (χ0n) is 13.6. The number of rotatable bonds is 4. The van der Waals surface area contributed by atoms with Crippen LogP contribution in [-0.2, 0) is 11.3 Å². The van der Waals surface area contributed by atoms with Gasteiger partial charge in [-0.1, -0.05) is 18.6 Å². The quantitative estimate of drug-likeness (QED) is 0.923. The van der Waals surface area contributed by atoms with E-state index in [9.17, 15) is 9.18 Å². The first-order valence-corrected chi connectivity index (χ1v) is 8.64. The fourth-order valence-corrected chi connectivity index (χ4v) is 3.72. The van der Waals surface area contributed by atoms with E-state index in [2.05, 4.69) is 4.90 Å². The predicted molar refractivity (Wildman–Crippen MR) is 88.2 cm³/mol. The van der Waals surface area contributed by atoms with Crippen LogP contribution in [0.3, 0.4) is 0 Å². The molecule has 0 saturated carbocycles. The van der Waals surface area contributed by atoms with Crippen LogP contribution in [0.15, 0.2) is 24.3 Å². The Kier molecular flexibility index (Phi) is 5.28. The molecule has 2 saturated heterocycles. The highest BCUT2D eigenvalue weighted by Crippen LogP contribution is 2.24. The highest BCUT2D eigenvalue weighted by Gasteiger charge is 2.34. The summed E-state index contributed by atoms with van der Waals surface area (Å²) in [6.45, 7) is 3.94. The average Bonchev–Trinajstić information content (AvgIpc) is 3.06. The lowest BCUT2D eigenvalue weighted by Gasteiger charge is -2.36. The lowest BCUT2D eigenvalue weighted by atomic mass is 10.00. The molecular weight excluding hydrogens is 293 g/mol. The largest absolute Gasteiger partial charge is 0.341 e. The highest BCUT2D eigenvalue weighted by molar-refractivity contribution is 5.82. The molecule has 0 aromatic heterocycles. The predicted octanol–water partition coefficient (Wildman–Crippen LogP) is 1.99. The van der Waals surface area contributed by atoms with E-state index in [4.69, 9.17) is 5.73 Å². The standard InChI is InChI=1S/C18H26FN3O/c19-16-6-4-14(5-7-16)12-21-9-2-1-3-17(21)18(23)22-10-8-15(11-20)13-22/h4-7,15,17H,1-3,8-13,20H2/t15-,17+/m0/s1. The maximum atomic E-state index is 13.1. The summed E-state index contributed by atoms with van der Waals surface area (Å²) in [6.07, 6.45) is 4.16. The molecule has 2 atom stereocenters. The van der Waals surface area contributed by atoms with Gasteiger partial charge in [-0.2, -0.15) is 0 Å². The van der Waals surface area contributed by atoms with Crippen molar-refractivity contribution in [3.05, 3.63) is 35.6 Å². The van der Waals surface area contributed by atoms with Crippen molar-refractivity contribution in [3.8, 4) is 0 Å². The van der Waals surface area contributed by atoms with Crippen molar-refractivity contribution in [1.82, 2.24) is 9.80 Å². The Bertz CT molecular complexity index is 534. The summed E-state index contributed by atoms with van der Waals surface area (Å²) in [5.74, 6) is 0.487. The van der Waals surface area contributed by atoms with Crippen molar-refractivity contribution < 1.29 is 9.18 Å². The fourth-order valence-electron chi connectivity index (χ4n) is 3.72. The van der Waals surface area contributed by atoms with E-state index >= 15 is 0 Å². The van der Waals surface area contributed by atoms with Gasteiger partial charge < -0.3 is 10.6 Å². The molecule has 2 aliphatic heterocycles. The van der Waals surface area contributed by atoms with Crippen LogP contribution >= 0.6 is 0 Å². The molecule has 0 spiro atoms. The van der Waals surface area contributed by atoms with Crippen LogP contribution in [0, 0.1) is 11.7 Å². The summed E-state index contributed by atoms with van der Waals surface area (Å²) in [5.41, 5.74) is 6.80. The van der Waals surface area contributed by atoms with Crippen molar-refractivity contribution in [3.63, 3.8) is 0 Å². The summed E-state index contributed by atoms with van der Waals surface area (Å²) in [7, 11) is 0. The van der Waals surface area contributed by atoms with E-state index in [1.54, 1.807) is 0 Å². The smallest absolute Gasteiger partial charge is 0.239 e. The number of carbonyl (C=O) groups excluding carboxylic acids is 1. The third-order valence-corrected chi connectivity index (χ3v) is 5.13. The number of halogens is 1. The molecule has 3 rings (SSSR count). The third-order valence-electron chi connectivity index (χ3n) is 5.13. The molecule has 2 fully saturated rings. The Morgan fingerprint density at radius 2 is 1.96 bits per heavy atom. The summed E-state index contributed by atoms with van der Waals surface area (Å²) in [5, 5.41) is 0. The monoisotopic (exact) mass is 319 g/mol. The number of amides is 1. The van der Waals surface area contributed by atoms with Crippen molar-refractivity contribution in [2.45, 2.75) is 38.3 Å². The van der Waals surface area contributed by atoms with Gasteiger partial charge in [0.1, 0.15) is 5.82 Å². The number of benzene rings is 1. The van der Waals surface area contributed by atoms with Gasteiger partial charge >= 0.3 is 0 Å². The summed E-state index contributed by atoms with van der Waals surface area (Å²) < 4.78 is 13.1. The molecule has 0 radical (unpaired) electrons. The van der Waals surface area contributed by atoms with Crippen LogP contribution in [0.5, 0.6) is 0 Å². The van der Waals surface area contributed by atoms with Crippen molar-refractivity contribution in [2.24, 2.45) is 11.7 Å². The lowest BCUT2D eigenvalue weighted by Crippen LogP contribution is -2.50. The summed E-state index contributed by atoms with van der Waals surface area (Å²) in [6, 6.07) is 6.56. The summed E-state index contributed by atoms with van der Waals surface area (Å²) >= 11 is 0. The van der Waals surface area contributed by atoms with Gasteiger partial charge in [-0.15, -0.1) is 0 Å². The Morgan fingerprint density at radius 3 is 2.65 bits per heavy atom. The van der Waals surface area contributed by atoms with Crippen LogP contribution in [0.2, 0.25) is 0 Å². The number of nitrogens with two attached hydrogens (primary N) is 1. The molecule has 0 aliphatic carbocycles. The number of likely N-dealkylation sites (tertiary alicyclic amines) is 2. The van der Waals surface area contributed by atoms with E-state index in [-0.39, 0.29) is 17.8 Å². The Balaban J connectivity index is 1.66. The van der Waals surface area contributed by atoms with Crippen LogP contribution in [0.25, 0.3) is 0 Å². The van der Waals surface area contributed by atoms with Crippen molar-refractivity contribution in [1.29, 1.82) is 0 Å². The van der Waals surface area contributed by atoms with Gasteiger partial charge in [-0.3, -0.25) is 9.69 Å². The number of hydrogen-bond donors (Lipinski definition) is 1. The van der Waals surface area contributed by atoms with Crippen LogP contribution in [-0.4, -0.2) is 47.9 Å². The summed E-state index contributed by atoms with van der Waals surface area (Å²) in [4.78, 5) is 17.2. The first-order valence-electron chi connectivity index (χ1n) is 8.64. The van der Waals surface area contributed by atoms with E-state index in [0.717, 1.165) is 50.9 Å². The highest BCUT2D eigenvalue weighted by atomic mass is 19.1. The van der Waals surface area contributed by atoms with Gasteiger partial charge in [0.05, 0.1) is 6.04 Å². The zero-order chi connectivity index (χ0) is 16.2. The van der Waals surface area contributed by atoms with E-state index in [0.29, 0.717) is 19.0 Å². The average molecular weight is 319 g/mol. The van der Waals surface area contributed by atoms with Crippen LogP contribution in [0.4, 0.5) is 4.39 Å². The minimum Gasteiger partial charge on any atom is -0.341 e. The molecule has 1 aromatic carbocycles. The molecule has 0 bridgehead atoms. The van der Waals surface area contributed by atoms with Gasteiger partial charge in [-0.05, 0) is 56.0 Å².